The van der Waals surface area contributed by atoms with Crippen LogP contribution < -0.4 is 5.32 Å². The molecule has 0 amide bonds. The lowest BCUT2D eigenvalue weighted by Gasteiger charge is -2.46. The van der Waals surface area contributed by atoms with Gasteiger partial charge in [-0.3, -0.25) is 4.90 Å². The molecule has 2 heteroatoms. The van der Waals surface area contributed by atoms with E-state index >= 15 is 0 Å². The molecule has 0 radical (unpaired) electrons. The second-order valence-electron chi connectivity index (χ2n) is 18.2. The first kappa shape index (κ1) is 34.7. The van der Waals surface area contributed by atoms with Crippen LogP contribution in [0.4, 0.5) is 0 Å². The van der Waals surface area contributed by atoms with Crippen LogP contribution in [0.5, 0.6) is 0 Å². The minimum atomic E-state index is 0.552. The topological polar surface area (TPSA) is 15.3 Å². The standard InChI is InChI=1S/C48H68N2/c1-34-21-22-43(39-25-23-38(24-26-39)36-12-4-3-5-13-36)32-50(44-28-27-37-14-6-7-15-40(37)31-44)33-47(46-19-9-8-18-45(46)35(34)2)41-16-10-17-42(30-41)48-20-11-29-49-48/h4,6-8,11-12,14-15,18,23,25,27-29,34,36-44,46-49H,3,5,9-10,13,16-17,19-22,24,26,30-33H2,1-2H3/b45-35+. The molecule has 0 bridgehead atoms. The van der Waals surface area contributed by atoms with E-state index in [0.717, 1.165) is 41.4 Å². The van der Waals surface area contributed by atoms with Crippen LogP contribution in [0.15, 0.2) is 96.3 Å². The van der Waals surface area contributed by atoms with Crippen molar-refractivity contribution in [1.82, 2.24) is 10.2 Å². The first-order chi connectivity index (χ1) is 24.6. The lowest BCUT2D eigenvalue weighted by molar-refractivity contribution is 0.0644. The summed E-state index contributed by atoms with van der Waals surface area (Å²) in [5.74, 6) is 8.01. The van der Waals surface area contributed by atoms with Gasteiger partial charge >= 0.3 is 0 Å². The summed E-state index contributed by atoms with van der Waals surface area (Å²) >= 11 is 0. The Morgan fingerprint density at radius 3 is 2.34 bits per heavy atom. The van der Waals surface area contributed by atoms with E-state index in [2.05, 4.69) is 109 Å². The maximum Gasteiger partial charge on any atom is 0.0319 e. The van der Waals surface area contributed by atoms with Gasteiger partial charge in [-0.25, -0.2) is 0 Å². The van der Waals surface area contributed by atoms with Gasteiger partial charge in [0, 0.05) is 31.1 Å². The number of fused-ring (bicyclic) bond motifs is 2. The molecule has 1 N–H and O–H groups in total. The van der Waals surface area contributed by atoms with Crippen molar-refractivity contribution in [2.75, 3.05) is 13.1 Å². The van der Waals surface area contributed by atoms with Gasteiger partial charge in [-0.2, -0.15) is 0 Å². The molecule has 0 aromatic carbocycles. The van der Waals surface area contributed by atoms with Crippen molar-refractivity contribution in [3.8, 4) is 0 Å². The van der Waals surface area contributed by atoms with Gasteiger partial charge < -0.3 is 5.32 Å². The zero-order valence-corrected chi connectivity index (χ0v) is 31.6. The minimum absolute atomic E-state index is 0.552. The summed E-state index contributed by atoms with van der Waals surface area (Å²) in [6, 6.07) is 1.22. The van der Waals surface area contributed by atoms with Crippen LogP contribution in [0.25, 0.3) is 0 Å². The molecule has 6 aliphatic carbocycles. The Morgan fingerprint density at radius 2 is 1.50 bits per heavy atom. The van der Waals surface area contributed by atoms with Crippen molar-refractivity contribution in [1.29, 1.82) is 0 Å². The number of hydrogen-bond donors (Lipinski definition) is 1. The number of nitrogens with zero attached hydrogens (tertiary/aromatic N) is 1. The van der Waals surface area contributed by atoms with E-state index in [-0.39, 0.29) is 0 Å². The van der Waals surface area contributed by atoms with Gasteiger partial charge in [-0.05, 0) is 161 Å². The van der Waals surface area contributed by atoms with Gasteiger partial charge in [-0.15, -0.1) is 0 Å². The van der Waals surface area contributed by atoms with E-state index < -0.39 is 0 Å². The van der Waals surface area contributed by atoms with E-state index in [4.69, 9.17) is 0 Å². The third kappa shape index (κ3) is 7.72. The molecule has 1 fully saturated rings. The number of nitrogens with one attached hydrogen (secondary N) is 1. The van der Waals surface area contributed by atoms with E-state index in [0.29, 0.717) is 35.8 Å². The molecule has 2 aliphatic heterocycles. The first-order valence-electron chi connectivity index (χ1n) is 21.5. The summed E-state index contributed by atoms with van der Waals surface area (Å²) in [5.41, 5.74) is 3.47. The molecule has 0 aromatic rings. The Morgan fingerprint density at radius 1 is 0.640 bits per heavy atom. The fourth-order valence-corrected chi connectivity index (χ4v) is 12.2. The van der Waals surface area contributed by atoms with Crippen LogP contribution in [0.3, 0.4) is 0 Å². The molecular weight excluding hydrogens is 605 g/mol. The monoisotopic (exact) mass is 673 g/mol. The molecule has 13 unspecified atom stereocenters. The fraction of sp³-hybridized carbons (Fsp3) is 0.667. The highest BCUT2D eigenvalue weighted by Gasteiger charge is 2.41. The predicted molar refractivity (Wildman–Crippen MR) is 212 cm³/mol. The van der Waals surface area contributed by atoms with E-state index in [1.807, 2.05) is 0 Å². The molecule has 0 aromatic heterocycles. The van der Waals surface area contributed by atoms with E-state index in [1.165, 1.54) is 109 Å². The largest absolute Gasteiger partial charge is 0.388 e. The van der Waals surface area contributed by atoms with Crippen LogP contribution in [-0.2, 0) is 0 Å². The quantitative estimate of drug-likeness (QED) is 0.292. The second-order valence-corrected chi connectivity index (χ2v) is 18.2. The molecular formula is C48H68N2. The van der Waals surface area contributed by atoms with Crippen LogP contribution >= 0.6 is 0 Å². The van der Waals surface area contributed by atoms with Gasteiger partial charge in [0.25, 0.3) is 0 Å². The summed E-state index contributed by atoms with van der Waals surface area (Å²) in [7, 11) is 0. The van der Waals surface area contributed by atoms with Crippen LogP contribution in [0.2, 0.25) is 0 Å². The maximum absolute atomic E-state index is 3.78. The predicted octanol–water partition coefficient (Wildman–Crippen LogP) is 11.5. The van der Waals surface area contributed by atoms with Crippen molar-refractivity contribution >= 4 is 0 Å². The first-order valence-corrected chi connectivity index (χ1v) is 21.5. The Hall–Kier alpha value is -2.32. The Kier molecular flexibility index (Phi) is 11.2. The van der Waals surface area contributed by atoms with Gasteiger partial charge in [0.05, 0.1) is 0 Å². The second kappa shape index (κ2) is 16.1. The summed E-state index contributed by atoms with van der Waals surface area (Å²) < 4.78 is 0. The van der Waals surface area contributed by atoms with E-state index in [9.17, 15) is 0 Å². The zero-order chi connectivity index (χ0) is 33.9. The Bertz CT molecular complexity index is 1390. The van der Waals surface area contributed by atoms with Crippen LogP contribution in [-0.4, -0.2) is 30.1 Å². The average molecular weight is 673 g/mol. The number of allylic oxidation sites excluding steroid dienone is 13. The highest BCUT2D eigenvalue weighted by atomic mass is 15.2. The molecule has 50 heavy (non-hydrogen) atoms. The highest BCUT2D eigenvalue weighted by molar-refractivity contribution is 5.32. The van der Waals surface area contributed by atoms with Crippen molar-refractivity contribution in [2.45, 2.75) is 122 Å². The fourth-order valence-electron chi connectivity index (χ4n) is 12.2. The van der Waals surface area contributed by atoms with Crippen LogP contribution in [0.1, 0.15) is 110 Å². The third-order valence-corrected chi connectivity index (χ3v) is 15.4. The van der Waals surface area contributed by atoms with Crippen molar-refractivity contribution in [3.05, 3.63) is 96.3 Å². The molecule has 0 spiro atoms. The number of hydrogen-bond acceptors (Lipinski definition) is 2. The molecule has 270 valence electrons. The summed E-state index contributed by atoms with van der Waals surface area (Å²) in [5, 5.41) is 3.78. The van der Waals surface area contributed by atoms with Gasteiger partial charge in [0.15, 0.2) is 0 Å². The Labute approximate surface area is 306 Å². The van der Waals surface area contributed by atoms with Gasteiger partial charge in [0.1, 0.15) is 0 Å². The summed E-state index contributed by atoms with van der Waals surface area (Å²) in [6.45, 7) is 7.68. The molecule has 8 rings (SSSR count). The van der Waals surface area contributed by atoms with Gasteiger partial charge in [0.2, 0.25) is 0 Å². The normalized spacial score (nSPS) is 45.1. The SMILES string of the molecule is C/C1=C2/C=CCCC2C(C2CCCC(C3CC=CN3)C2)CN(C2C=CC3C=CC=CC3C2)CC(C2C=CC(C3C=CCCC3)CC2)CCC1C. The minimum Gasteiger partial charge on any atom is -0.388 e. The van der Waals surface area contributed by atoms with Crippen molar-refractivity contribution in [3.63, 3.8) is 0 Å². The third-order valence-electron chi connectivity index (χ3n) is 15.4. The summed E-state index contributed by atoms with van der Waals surface area (Å²) in [6.07, 6.45) is 55.4. The summed E-state index contributed by atoms with van der Waals surface area (Å²) in [4.78, 5) is 3.11. The Balaban J connectivity index is 1.13. The lowest BCUT2D eigenvalue weighted by atomic mass is 9.65. The maximum atomic E-state index is 3.78. The zero-order valence-electron chi connectivity index (χ0n) is 31.6. The van der Waals surface area contributed by atoms with Crippen molar-refractivity contribution < 1.29 is 0 Å². The van der Waals surface area contributed by atoms with Crippen LogP contribution in [0, 0.1) is 65.1 Å². The smallest absolute Gasteiger partial charge is 0.0319 e. The molecule has 2 heterocycles. The molecule has 8 aliphatic rings. The molecule has 0 saturated heterocycles. The lowest BCUT2D eigenvalue weighted by Crippen LogP contribution is -2.48. The number of rotatable bonds is 5. The molecule has 13 atom stereocenters. The van der Waals surface area contributed by atoms with Crippen molar-refractivity contribution in [2.24, 2.45) is 65.1 Å². The molecule has 1 saturated carbocycles. The average Bonchev–Trinajstić information content (AvgIpc) is 3.73. The van der Waals surface area contributed by atoms with Gasteiger partial charge in [-0.1, -0.05) is 104 Å². The molecule has 2 nitrogen and oxygen atoms in total. The highest BCUT2D eigenvalue weighted by Crippen LogP contribution is 2.47. The van der Waals surface area contributed by atoms with E-state index in [1.54, 1.807) is 11.1 Å².